The van der Waals surface area contributed by atoms with Crippen LogP contribution in [0.1, 0.15) is 17.0 Å². The predicted octanol–water partition coefficient (Wildman–Crippen LogP) is 2.90. The van der Waals surface area contributed by atoms with Gasteiger partial charge in [0.1, 0.15) is 5.76 Å². The first-order valence-corrected chi connectivity index (χ1v) is 6.48. The van der Waals surface area contributed by atoms with Crippen LogP contribution < -0.4 is 0 Å². The van der Waals surface area contributed by atoms with Crippen molar-refractivity contribution in [1.29, 1.82) is 0 Å². The largest absolute Gasteiger partial charge is 0.481 e. The highest BCUT2D eigenvalue weighted by Gasteiger charge is 2.03. The topological polar surface area (TPSA) is 63.3 Å². The van der Waals surface area contributed by atoms with E-state index >= 15 is 0 Å². The lowest BCUT2D eigenvalue weighted by molar-refractivity contribution is -0.136. The number of hydrogen-bond donors (Lipinski definition) is 1. The molecule has 0 aliphatic heterocycles. The van der Waals surface area contributed by atoms with Gasteiger partial charge in [-0.15, -0.1) is 11.8 Å². The van der Waals surface area contributed by atoms with Gasteiger partial charge < -0.3 is 9.63 Å². The summed E-state index contributed by atoms with van der Waals surface area (Å²) in [7, 11) is 0. The minimum atomic E-state index is -0.812. The molecule has 1 aromatic heterocycles. The van der Waals surface area contributed by atoms with Crippen molar-refractivity contribution in [3.8, 4) is 0 Å². The zero-order valence-corrected chi connectivity index (χ0v) is 10.7. The van der Waals surface area contributed by atoms with Gasteiger partial charge in [0.2, 0.25) is 0 Å². The van der Waals surface area contributed by atoms with Gasteiger partial charge in [0, 0.05) is 16.7 Å². The van der Waals surface area contributed by atoms with Crippen molar-refractivity contribution in [3.63, 3.8) is 0 Å². The second kappa shape index (κ2) is 5.73. The molecule has 5 heteroatoms. The molecule has 2 aromatic rings. The number of nitrogens with zero attached hydrogens (tertiary/aromatic N) is 1. The SMILES string of the molecule is Cc1cc(CSc2ccc(CC(=O)O)cc2)no1. The predicted molar refractivity (Wildman–Crippen MR) is 68.6 cm³/mol. The first kappa shape index (κ1) is 12.7. The summed E-state index contributed by atoms with van der Waals surface area (Å²) >= 11 is 1.64. The molecule has 0 spiro atoms. The molecule has 4 nitrogen and oxygen atoms in total. The fraction of sp³-hybridized carbons (Fsp3) is 0.231. The Balaban J connectivity index is 1.92. The molecule has 2 rings (SSSR count). The summed E-state index contributed by atoms with van der Waals surface area (Å²) in [5, 5.41) is 12.6. The fourth-order valence-corrected chi connectivity index (χ4v) is 2.30. The van der Waals surface area contributed by atoms with Crippen LogP contribution in [0.3, 0.4) is 0 Å². The van der Waals surface area contributed by atoms with E-state index in [1.54, 1.807) is 11.8 Å². The molecular weight excluding hydrogens is 250 g/mol. The zero-order chi connectivity index (χ0) is 13.0. The Morgan fingerprint density at radius 3 is 2.67 bits per heavy atom. The highest BCUT2D eigenvalue weighted by atomic mass is 32.2. The lowest BCUT2D eigenvalue weighted by Crippen LogP contribution is -1.99. The molecule has 1 N–H and O–H groups in total. The number of hydrogen-bond acceptors (Lipinski definition) is 4. The number of carboxylic acid groups (broad SMARTS) is 1. The Bertz CT molecular complexity index is 533. The van der Waals surface area contributed by atoms with E-state index in [4.69, 9.17) is 9.63 Å². The minimum absolute atomic E-state index is 0.0629. The Morgan fingerprint density at radius 2 is 2.11 bits per heavy atom. The van der Waals surface area contributed by atoms with Crippen LogP contribution in [0.15, 0.2) is 39.8 Å². The number of aliphatic carboxylic acids is 1. The van der Waals surface area contributed by atoms with E-state index in [2.05, 4.69) is 5.16 Å². The molecule has 0 unspecified atom stereocenters. The average molecular weight is 263 g/mol. The molecule has 0 aliphatic carbocycles. The van der Waals surface area contributed by atoms with Gasteiger partial charge in [-0.05, 0) is 24.6 Å². The van der Waals surface area contributed by atoms with Crippen molar-refractivity contribution in [1.82, 2.24) is 5.16 Å². The van der Waals surface area contributed by atoms with Crippen LogP contribution in [-0.2, 0) is 17.0 Å². The maximum absolute atomic E-state index is 10.5. The highest BCUT2D eigenvalue weighted by Crippen LogP contribution is 2.23. The molecule has 0 atom stereocenters. The number of carbonyl (C=O) groups is 1. The molecule has 18 heavy (non-hydrogen) atoms. The van der Waals surface area contributed by atoms with E-state index in [-0.39, 0.29) is 6.42 Å². The van der Waals surface area contributed by atoms with Crippen LogP contribution in [-0.4, -0.2) is 16.2 Å². The molecule has 1 aromatic carbocycles. The molecule has 0 aliphatic rings. The maximum atomic E-state index is 10.5. The monoisotopic (exact) mass is 263 g/mol. The van der Waals surface area contributed by atoms with Gasteiger partial charge in [0.25, 0.3) is 0 Å². The molecule has 0 saturated carbocycles. The third kappa shape index (κ3) is 3.63. The first-order valence-electron chi connectivity index (χ1n) is 5.49. The number of carboxylic acids is 1. The van der Waals surface area contributed by atoms with Gasteiger partial charge in [-0.2, -0.15) is 0 Å². The Morgan fingerprint density at radius 1 is 1.39 bits per heavy atom. The van der Waals surface area contributed by atoms with E-state index in [0.29, 0.717) is 0 Å². The van der Waals surface area contributed by atoms with Crippen molar-refractivity contribution < 1.29 is 14.4 Å². The quantitative estimate of drug-likeness (QED) is 0.840. The molecule has 0 radical (unpaired) electrons. The van der Waals surface area contributed by atoms with Crippen LogP contribution in [0.4, 0.5) is 0 Å². The normalized spacial score (nSPS) is 10.5. The molecule has 0 bridgehead atoms. The van der Waals surface area contributed by atoms with Crippen molar-refractivity contribution in [2.45, 2.75) is 24.0 Å². The molecule has 0 saturated heterocycles. The minimum Gasteiger partial charge on any atom is -0.481 e. The summed E-state index contributed by atoms with van der Waals surface area (Å²) in [5.41, 5.74) is 1.72. The van der Waals surface area contributed by atoms with Crippen LogP contribution in [0.25, 0.3) is 0 Å². The number of thioether (sulfide) groups is 1. The van der Waals surface area contributed by atoms with Crippen LogP contribution >= 0.6 is 11.8 Å². The summed E-state index contributed by atoms with van der Waals surface area (Å²) in [6, 6.07) is 9.44. The second-order valence-corrected chi connectivity index (χ2v) is 4.98. The molecule has 94 valence electrons. The van der Waals surface area contributed by atoms with Gasteiger partial charge in [-0.1, -0.05) is 17.3 Å². The molecule has 1 heterocycles. The Labute approximate surface area is 109 Å². The van der Waals surface area contributed by atoms with Crippen molar-refractivity contribution in [2.75, 3.05) is 0 Å². The Kier molecular flexibility index (Phi) is 4.04. The zero-order valence-electron chi connectivity index (χ0n) is 9.92. The summed E-state index contributed by atoms with van der Waals surface area (Å²) in [6.45, 7) is 1.86. The van der Waals surface area contributed by atoms with E-state index in [9.17, 15) is 4.79 Å². The maximum Gasteiger partial charge on any atom is 0.307 e. The molecular formula is C13H13NO3S. The van der Waals surface area contributed by atoms with E-state index < -0.39 is 5.97 Å². The van der Waals surface area contributed by atoms with Crippen LogP contribution in [0.5, 0.6) is 0 Å². The number of benzene rings is 1. The molecule has 0 fully saturated rings. The van der Waals surface area contributed by atoms with E-state index in [0.717, 1.165) is 27.7 Å². The van der Waals surface area contributed by atoms with Crippen LogP contribution in [0.2, 0.25) is 0 Å². The smallest absolute Gasteiger partial charge is 0.307 e. The number of aromatic nitrogens is 1. The first-order chi connectivity index (χ1) is 8.63. The van der Waals surface area contributed by atoms with Crippen molar-refractivity contribution >= 4 is 17.7 Å². The van der Waals surface area contributed by atoms with E-state index in [1.807, 2.05) is 37.3 Å². The summed E-state index contributed by atoms with van der Waals surface area (Å²) in [6.07, 6.45) is 0.0629. The summed E-state index contributed by atoms with van der Waals surface area (Å²) < 4.78 is 4.99. The summed E-state index contributed by atoms with van der Waals surface area (Å²) in [5.74, 6) is 0.742. The number of rotatable bonds is 5. The van der Waals surface area contributed by atoms with Gasteiger partial charge in [0.05, 0.1) is 12.1 Å². The Hall–Kier alpha value is -1.75. The molecule has 0 amide bonds. The van der Waals surface area contributed by atoms with Crippen LogP contribution in [0, 0.1) is 6.92 Å². The standard InChI is InChI=1S/C13H13NO3S/c1-9-6-11(14-17-9)8-18-12-4-2-10(3-5-12)7-13(15)16/h2-6H,7-8H2,1H3,(H,15,16). The van der Waals surface area contributed by atoms with Crippen molar-refractivity contribution in [3.05, 3.63) is 47.3 Å². The number of aryl methyl sites for hydroxylation is 1. The lowest BCUT2D eigenvalue weighted by Gasteiger charge is -2.01. The van der Waals surface area contributed by atoms with E-state index in [1.165, 1.54) is 0 Å². The highest BCUT2D eigenvalue weighted by molar-refractivity contribution is 7.98. The second-order valence-electron chi connectivity index (χ2n) is 3.93. The van der Waals surface area contributed by atoms with Crippen molar-refractivity contribution in [2.24, 2.45) is 0 Å². The van der Waals surface area contributed by atoms with Gasteiger partial charge >= 0.3 is 5.97 Å². The third-order valence-corrected chi connectivity index (χ3v) is 3.39. The fourth-order valence-electron chi connectivity index (χ4n) is 1.52. The van der Waals surface area contributed by atoms with Gasteiger partial charge in [-0.25, -0.2) is 0 Å². The average Bonchev–Trinajstić information content (AvgIpc) is 2.74. The summed E-state index contributed by atoms with van der Waals surface area (Å²) in [4.78, 5) is 11.6. The van der Waals surface area contributed by atoms with Gasteiger partial charge in [0.15, 0.2) is 0 Å². The lowest BCUT2D eigenvalue weighted by atomic mass is 10.2. The van der Waals surface area contributed by atoms with Gasteiger partial charge in [-0.3, -0.25) is 4.79 Å². The third-order valence-electron chi connectivity index (χ3n) is 2.34.